The normalized spacial score (nSPS) is 23.8. The Morgan fingerprint density at radius 3 is 1.61 bits per heavy atom. The standard InChI is InChI=1S/C26H50O5/c1-2-3-4-5-6-7-8-9-10-11-12-13-14-15-16-17-18-19-20-30-22-24-26(29)25(28)23(27)21-31-24/h2,23-29H,1,3-22H2/t23-,24+,25+,26+/m0/s1. The molecule has 0 aliphatic carbocycles. The Bertz CT molecular complexity index is 403. The monoisotopic (exact) mass is 442 g/mol. The zero-order chi connectivity index (χ0) is 22.6. The summed E-state index contributed by atoms with van der Waals surface area (Å²) in [5, 5.41) is 28.9. The fraction of sp³-hybridized carbons (Fsp3) is 0.923. The summed E-state index contributed by atoms with van der Waals surface area (Å²) in [7, 11) is 0. The summed E-state index contributed by atoms with van der Waals surface area (Å²) in [6, 6.07) is 0. The zero-order valence-electron chi connectivity index (χ0n) is 19.9. The van der Waals surface area contributed by atoms with Gasteiger partial charge in [0.15, 0.2) is 0 Å². The molecule has 0 aromatic heterocycles. The maximum absolute atomic E-state index is 9.85. The van der Waals surface area contributed by atoms with Crippen molar-refractivity contribution in [1.82, 2.24) is 0 Å². The molecule has 3 N–H and O–H groups in total. The second-order valence-corrected chi connectivity index (χ2v) is 9.23. The van der Waals surface area contributed by atoms with Crippen LogP contribution in [0.1, 0.15) is 109 Å². The second kappa shape index (κ2) is 20.2. The number of hydrogen-bond donors (Lipinski definition) is 3. The van der Waals surface area contributed by atoms with Gasteiger partial charge in [0.2, 0.25) is 0 Å². The van der Waals surface area contributed by atoms with E-state index in [-0.39, 0.29) is 13.2 Å². The molecule has 0 spiro atoms. The molecular weight excluding hydrogens is 392 g/mol. The minimum absolute atomic E-state index is 0.0446. The van der Waals surface area contributed by atoms with Gasteiger partial charge < -0.3 is 24.8 Å². The number of allylic oxidation sites excluding steroid dienone is 1. The van der Waals surface area contributed by atoms with Crippen molar-refractivity contribution >= 4 is 0 Å². The summed E-state index contributed by atoms with van der Waals surface area (Å²) in [5.41, 5.74) is 0. The highest BCUT2D eigenvalue weighted by Crippen LogP contribution is 2.17. The van der Waals surface area contributed by atoms with Gasteiger partial charge in [-0.05, 0) is 19.3 Å². The van der Waals surface area contributed by atoms with Crippen LogP contribution in [0, 0.1) is 0 Å². The molecule has 5 nitrogen and oxygen atoms in total. The Balaban J connectivity index is 1.73. The van der Waals surface area contributed by atoms with Crippen molar-refractivity contribution < 1.29 is 24.8 Å². The Labute approximate surface area is 191 Å². The average Bonchev–Trinajstić information content (AvgIpc) is 2.77. The summed E-state index contributed by atoms with van der Waals surface area (Å²) >= 11 is 0. The lowest BCUT2D eigenvalue weighted by molar-refractivity contribution is -0.199. The second-order valence-electron chi connectivity index (χ2n) is 9.23. The first kappa shape index (κ1) is 28.6. The summed E-state index contributed by atoms with van der Waals surface area (Å²) < 4.78 is 10.9. The number of aliphatic hydroxyl groups excluding tert-OH is 3. The summed E-state index contributed by atoms with van der Waals surface area (Å²) in [4.78, 5) is 0. The van der Waals surface area contributed by atoms with Gasteiger partial charge in [-0.25, -0.2) is 0 Å². The van der Waals surface area contributed by atoms with Gasteiger partial charge >= 0.3 is 0 Å². The van der Waals surface area contributed by atoms with Crippen molar-refractivity contribution in [3.8, 4) is 0 Å². The number of rotatable bonds is 21. The highest BCUT2D eigenvalue weighted by atomic mass is 16.6. The first-order valence-electron chi connectivity index (χ1n) is 13.0. The van der Waals surface area contributed by atoms with Crippen LogP contribution in [0.2, 0.25) is 0 Å². The maximum Gasteiger partial charge on any atom is 0.111 e. The molecule has 0 saturated carbocycles. The van der Waals surface area contributed by atoms with Gasteiger partial charge in [0.25, 0.3) is 0 Å². The van der Waals surface area contributed by atoms with Crippen molar-refractivity contribution in [2.24, 2.45) is 0 Å². The third kappa shape index (κ3) is 15.1. The fourth-order valence-corrected chi connectivity index (χ4v) is 4.18. The quantitative estimate of drug-likeness (QED) is 0.166. The SMILES string of the molecule is C=CCCCCCCCCCCCCCCCCCCOC[C@H]1OC[C@H](O)[C@@H](O)[C@@H]1O. The van der Waals surface area contributed by atoms with Gasteiger partial charge in [-0.2, -0.15) is 0 Å². The lowest BCUT2D eigenvalue weighted by Crippen LogP contribution is -2.54. The van der Waals surface area contributed by atoms with E-state index >= 15 is 0 Å². The van der Waals surface area contributed by atoms with E-state index in [2.05, 4.69) is 6.58 Å². The minimum Gasteiger partial charge on any atom is -0.388 e. The van der Waals surface area contributed by atoms with E-state index in [0.29, 0.717) is 6.61 Å². The van der Waals surface area contributed by atoms with E-state index in [1.54, 1.807) is 0 Å². The predicted octanol–water partition coefficient (Wildman–Crippen LogP) is 5.30. The van der Waals surface area contributed by atoms with Gasteiger partial charge in [0.05, 0.1) is 13.2 Å². The van der Waals surface area contributed by atoms with Gasteiger partial charge in [0, 0.05) is 6.61 Å². The number of hydrogen-bond acceptors (Lipinski definition) is 5. The van der Waals surface area contributed by atoms with E-state index in [9.17, 15) is 15.3 Å². The average molecular weight is 443 g/mol. The molecule has 184 valence electrons. The van der Waals surface area contributed by atoms with Crippen LogP contribution in [0.4, 0.5) is 0 Å². The molecule has 0 aromatic carbocycles. The van der Waals surface area contributed by atoms with Crippen LogP contribution < -0.4 is 0 Å². The van der Waals surface area contributed by atoms with Gasteiger partial charge in [-0.3, -0.25) is 0 Å². The van der Waals surface area contributed by atoms with Gasteiger partial charge in [-0.15, -0.1) is 6.58 Å². The molecule has 1 aliphatic heterocycles. The fourth-order valence-electron chi connectivity index (χ4n) is 4.18. The highest BCUT2D eigenvalue weighted by Gasteiger charge is 2.37. The molecule has 1 heterocycles. The predicted molar refractivity (Wildman–Crippen MR) is 127 cm³/mol. The third-order valence-electron chi connectivity index (χ3n) is 6.34. The molecule has 1 fully saturated rings. The van der Waals surface area contributed by atoms with Crippen LogP contribution in [-0.4, -0.2) is 59.6 Å². The van der Waals surface area contributed by atoms with Crippen molar-refractivity contribution in [2.75, 3.05) is 19.8 Å². The molecule has 0 unspecified atom stereocenters. The van der Waals surface area contributed by atoms with Crippen molar-refractivity contribution in [3.05, 3.63) is 12.7 Å². The molecule has 1 saturated heterocycles. The molecule has 0 radical (unpaired) electrons. The van der Waals surface area contributed by atoms with Crippen molar-refractivity contribution in [1.29, 1.82) is 0 Å². The molecule has 4 atom stereocenters. The largest absolute Gasteiger partial charge is 0.388 e. The Kier molecular flexibility index (Phi) is 18.6. The number of unbranched alkanes of at least 4 members (excludes halogenated alkanes) is 16. The van der Waals surface area contributed by atoms with E-state index in [1.807, 2.05) is 6.08 Å². The molecular formula is C26H50O5. The topological polar surface area (TPSA) is 79.2 Å². The lowest BCUT2D eigenvalue weighted by Gasteiger charge is -2.35. The van der Waals surface area contributed by atoms with Crippen LogP contribution in [0.15, 0.2) is 12.7 Å². The molecule has 0 amide bonds. The Morgan fingerprint density at radius 2 is 1.13 bits per heavy atom. The minimum atomic E-state index is -1.15. The van der Waals surface area contributed by atoms with Crippen LogP contribution in [-0.2, 0) is 9.47 Å². The van der Waals surface area contributed by atoms with Crippen LogP contribution in [0.3, 0.4) is 0 Å². The molecule has 0 aromatic rings. The van der Waals surface area contributed by atoms with E-state index in [4.69, 9.17) is 9.47 Å². The smallest absolute Gasteiger partial charge is 0.111 e. The van der Waals surface area contributed by atoms with Crippen molar-refractivity contribution in [3.63, 3.8) is 0 Å². The van der Waals surface area contributed by atoms with Gasteiger partial charge in [0.1, 0.15) is 24.4 Å². The Hall–Kier alpha value is -0.460. The van der Waals surface area contributed by atoms with Crippen molar-refractivity contribution in [2.45, 2.75) is 134 Å². The van der Waals surface area contributed by atoms with Crippen LogP contribution in [0.25, 0.3) is 0 Å². The highest BCUT2D eigenvalue weighted by molar-refractivity contribution is 4.86. The summed E-state index contributed by atoms with van der Waals surface area (Å²) in [5.74, 6) is 0. The van der Waals surface area contributed by atoms with Gasteiger partial charge in [-0.1, -0.05) is 96.0 Å². The van der Waals surface area contributed by atoms with E-state index in [1.165, 1.54) is 103 Å². The number of aliphatic hydroxyl groups is 3. The maximum atomic E-state index is 9.85. The third-order valence-corrected chi connectivity index (χ3v) is 6.34. The first-order valence-corrected chi connectivity index (χ1v) is 13.0. The molecule has 1 rings (SSSR count). The zero-order valence-corrected chi connectivity index (χ0v) is 19.9. The van der Waals surface area contributed by atoms with E-state index < -0.39 is 24.4 Å². The lowest BCUT2D eigenvalue weighted by atomic mass is 10.0. The summed E-state index contributed by atoms with van der Waals surface area (Å²) in [6.45, 7) is 4.73. The first-order chi connectivity index (χ1) is 15.2. The Morgan fingerprint density at radius 1 is 0.677 bits per heavy atom. The molecule has 0 bridgehead atoms. The van der Waals surface area contributed by atoms with E-state index in [0.717, 1.165) is 6.42 Å². The summed E-state index contributed by atoms with van der Waals surface area (Å²) in [6.07, 6.45) is 20.8. The number of ether oxygens (including phenoxy) is 2. The van der Waals surface area contributed by atoms with Crippen LogP contribution in [0.5, 0.6) is 0 Å². The van der Waals surface area contributed by atoms with Crippen LogP contribution >= 0.6 is 0 Å². The molecule has 31 heavy (non-hydrogen) atoms. The molecule has 1 aliphatic rings. The molecule has 5 heteroatoms.